The van der Waals surface area contributed by atoms with Crippen LogP contribution in [-0.4, -0.2) is 27.3 Å². The molecule has 162 valence electrons. The van der Waals surface area contributed by atoms with Crippen LogP contribution in [0.5, 0.6) is 0 Å². The van der Waals surface area contributed by atoms with Crippen molar-refractivity contribution >= 4 is 22.4 Å². The van der Waals surface area contributed by atoms with Gasteiger partial charge < -0.3 is 0 Å². The number of carbonyl (C=O) groups excluding carboxylic acids is 1. The second-order valence-electron chi connectivity index (χ2n) is 9.25. The Morgan fingerprint density at radius 3 is 2.71 bits per heavy atom. The molecule has 1 aliphatic rings. The average molecular weight is 435 g/mol. The predicted molar refractivity (Wildman–Crippen MR) is 127 cm³/mol. The first-order chi connectivity index (χ1) is 14.8. The maximum Gasteiger partial charge on any atom is 0.257 e. The highest BCUT2D eigenvalue weighted by Gasteiger charge is 2.28. The van der Waals surface area contributed by atoms with Gasteiger partial charge in [0.05, 0.1) is 17.4 Å². The summed E-state index contributed by atoms with van der Waals surface area (Å²) in [7, 11) is 0. The Kier molecular flexibility index (Phi) is 6.21. The summed E-state index contributed by atoms with van der Waals surface area (Å²) in [5, 5.41) is 5.70. The molecule has 4 rings (SSSR count). The Bertz CT molecular complexity index is 1050. The van der Waals surface area contributed by atoms with E-state index in [1.54, 1.807) is 0 Å². The van der Waals surface area contributed by atoms with Gasteiger partial charge in [-0.3, -0.25) is 20.0 Å². The number of amides is 1. The van der Waals surface area contributed by atoms with E-state index in [1.165, 1.54) is 22.5 Å². The highest BCUT2D eigenvalue weighted by Crippen LogP contribution is 2.35. The van der Waals surface area contributed by atoms with Crippen LogP contribution in [0.2, 0.25) is 0 Å². The number of nitrogens with one attached hydrogen (secondary N) is 1. The van der Waals surface area contributed by atoms with Crippen molar-refractivity contribution in [2.24, 2.45) is 0 Å². The van der Waals surface area contributed by atoms with Crippen LogP contribution in [0.15, 0.2) is 48.0 Å². The van der Waals surface area contributed by atoms with Crippen molar-refractivity contribution in [2.45, 2.75) is 58.5 Å². The number of thiazole rings is 1. The Morgan fingerprint density at radius 2 is 2.00 bits per heavy atom. The van der Waals surface area contributed by atoms with Gasteiger partial charge in [-0.2, -0.15) is 0 Å². The lowest BCUT2D eigenvalue weighted by atomic mass is 9.87. The summed E-state index contributed by atoms with van der Waals surface area (Å²) in [6, 6.07) is 12.2. The molecule has 3 aromatic rings. The molecular formula is C25H30N4OS. The number of hydrogen-bond donors (Lipinski definition) is 1. The molecule has 0 saturated carbocycles. The molecule has 1 aliphatic heterocycles. The lowest BCUT2D eigenvalue weighted by molar-refractivity contribution is 0.102. The van der Waals surface area contributed by atoms with E-state index in [2.05, 4.69) is 54.3 Å². The standard InChI is InChI=1S/C25H30N4OS/c1-17-7-5-13-26-20(17)15-29-14-6-8-22(29)21-16-31-24(27-21)28-23(30)18-9-11-19(12-10-18)25(2,3)4/h5,7,9-13,16,22H,6,8,14-15H2,1-4H3,(H,27,28,30). The zero-order valence-corrected chi connectivity index (χ0v) is 19.5. The highest BCUT2D eigenvalue weighted by molar-refractivity contribution is 7.14. The van der Waals surface area contributed by atoms with E-state index in [0.29, 0.717) is 10.7 Å². The monoisotopic (exact) mass is 434 g/mol. The molecule has 1 amide bonds. The lowest BCUT2D eigenvalue weighted by Crippen LogP contribution is -2.24. The molecule has 1 unspecified atom stereocenters. The van der Waals surface area contributed by atoms with Gasteiger partial charge in [-0.25, -0.2) is 4.98 Å². The van der Waals surface area contributed by atoms with Gasteiger partial charge in [0.1, 0.15) is 0 Å². The number of likely N-dealkylation sites (tertiary alicyclic amines) is 1. The molecule has 0 bridgehead atoms. The van der Waals surface area contributed by atoms with Crippen LogP contribution in [0, 0.1) is 6.92 Å². The summed E-state index contributed by atoms with van der Waals surface area (Å²) in [6.07, 6.45) is 4.09. The van der Waals surface area contributed by atoms with E-state index >= 15 is 0 Å². The lowest BCUT2D eigenvalue weighted by Gasteiger charge is -2.23. The fourth-order valence-electron chi connectivity index (χ4n) is 4.01. The molecule has 6 heteroatoms. The molecular weight excluding hydrogens is 404 g/mol. The maximum atomic E-state index is 12.7. The number of nitrogens with zero attached hydrogens (tertiary/aromatic N) is 3. The number of carbonyl (C=O) groups is 1. The van der Waals surface area contributed by atoms with Gasteiger partial charge in [-0.05, 0) is 61.1 Å². The minimum absolute atomic E-state index is 0.0696. The topological polar surface area (TPSA) is 58.1 Å². The van der Waals surface area contributed by atoms with Gasteiger partial charge in [0.15, 0.2) is 5.13 Å². The molecule has 0 aliphatic carbocycles. The number of pyridine rings is 1. The van der Waals surface area contributed by atoms with Crippen LogP contribution in [0.4, 0.5) is 5.13 Å². The largest absolute Gasteiger partial charge is 0.298 e. The van der Waals surface area contributed by atoms with Crippen molar-refractivity contribution in [3.05, 3.63) is 76.1 Å². The number of aromatic nitrogens is 2. The van der Waals surface area contributed by atoms with E-state index < -0.39 is 0 Å². The van der Waals surface area contributed by atoms with E-state index in [-0.39, 0.29) is 17.4 Å². The molecule has 1 atom stereocenters. The summed E-state index contributed by atoms with van der Waals surface area (Å²) in [4.78, 5) is 24.4. The summed E-state index contributed by atoms with van der Waals surface area (Å²) in [6.45, 7) is 10.5. The Hall–Kier alpha value is -2.57. The zero-order chi connectivity index (χ0) is 22.0. The molecule has 1 saturated heterocycles. The van der Waals surface area contributed by atoms with Crippen LogP contribution in [0.25, 0.3) is 0 Å². The smallest absolute Gasteiger partial charge is 0.257 e. The second-order valence-corrected chi connectivity index (χ2v) is 10.1. The van der Waals surface area contributed by atoms with E-state index in [0.717, 1.165) is 37.3 Å². The molecule has 31 heavy (non-hydrogen) atoms. The SMILES string of the molecule is Cc1cccnc1CN1CCCC1c1csc(NC(=O)c2ccc(C(C)(C)C)cc2)n1. The number of hydrogen-bond acceptors (Lipinski definition) is 5. The van der Waals surface area contributed by atoms with Gasteiger partial charge in [0.2, 0.25) is 0 Å². The first-order valence-corrected chi connectivity index (χ1v) is 11.7. The number of aryl methyl sites for hydroxylation is 1. The number of rotatable bonds is 5. The van der Waals surface area contributed by atoms with Crippen molar-refractivity contribution < 1.29 is 4.79 Å². The molecule has 2 aromatic heterocycles. The first-order valence-electron chi connectivity index (χ1n) is 10.8. The Balaban J connectivity index is 1.43. The van der Waals surface area contributed by atoms with Crippen molar-refractivity contribution in [2.75, 3.05) is 11.9 Å². The Morgan fingerprint density at radius 1 is 1.23 bits per heavy atom. The van der Waals surface area contributed by atoms with Crippen LogP contribution >= 0.6 is 11.3 Å². The molecule has 3 heterocycles. The van der Waals surface area contributed by atoms with E-state index in [4.69, 9.17) is 4.98 Å². The third kappa shape index (κ3) is 5.02. The quantitative estimate of drug-likeness (QED) is 0.557. The Labute approximate surface area is 188 Å². The predicted octanol–water partition coefficient (Wildman–Crippen LogP) is 5.73. The van der Waals surface area contributed by atoms with Crippen molar-refractivity contribution in [3.63, 3.8) is 0 Å². The summed E-state index contributed by atoms with van der Waals surface area (Å²) in [5.74, 6) is -0.117. The van der Waals surface area contributed by atoms with Gasteiger partial charge in [0, 0.05) is 23.7 Å². The van der Waals surface area contributed by atoms with Gasteiger partial charge in [-0.1, -0.05) is 39.0 Å². The van der Waals surface area contributed by atoms with Crippen LogP contribution < -0.4 is 5.32 Å². The highest BCUT2D eigenvalue weighted by atomic mass is 32.1. The zero-order valence-electron chi connectivity index (χ0n) is 18.7. The maximum absolute atomic E-state index is 12.7. The molecule has 0 spiro atoms. The fourth-order valence-corrected chi connectivity index (χ4v) is 4.77. The van der Waals surface area contributed by atoms with Crippen molar-refractivity contribution in [3.8, 4) is 0 Å². The summed E-state index contributed by atoms with van der Waals surface area (Å²) in [5.41, 5.74) is 5.31. The minimum atomic E-state index is -0.117. The molecule has 5 nitrogen and oxygen atoms in total. The third-order valence-electron chi connectivity index (χ3n) is 5.93. The average Bonchev–Trinajstić information content (AvgIpc) is 3.38. The van der Waals surface area contributed by atoms with E-state index in [1.807, 2.05) is 36.5 Å². The fraction of sp³-hybridized carbons (Fsp3) is 0.400. The van der Waals surface area contributed by atoms with Crippen LogP contribution in [0.3, 0.4) is 0 Å². The summed E-state index contributed by atoms with van der Waals surface area (Å²) >= 11 is 1.49. The minimum Gasteiger partial charge on any atom is -0.298 e. The van der Waals surface area contributed by atoms with Crippen LogP contribution in [0.1, 0.15) is 72.5 Å². The van der Waals surface area contributed by atoms with Gasteiger partial charge >= 0.3 is 0 Å². The van der Waals surface area contributed by atoms with Crippen molar-refractivity contribution in [1.82, 2.24) is 14.9 Å². The number of anilines is 1. The normalized spacial score (nSPS) is 17.1. The third-order valence-corrected chi connectivity index (χ3v) is 6.71. The van der Waals surface area contributed by atoms with Gasteiger partial charge in [-0.15, -0.1) is 11.3 Å². The van der Waals surface area contributed by atoms with E-state index in [9.17, 15) is 4.79 Å². The molecule has 0 radical (unpaired) electrons. The van der Waals surface area contributed by atoms with Crippen molar-refractivity contribution in [1.29, 1.82) is 0 Å². The van der Waals surface area contributed by atoms with Gasteiger partial charge in [0.25, 0.3) is 5.91 Å². The molecule has 1 N–H and O–H groups in total. The molecule has 1 fully saturated rings. The molecule has 1 aromatic carbocycles. The summed E-state index contributed by atoms with van der Waals surface area (Å²) < 4.78 is 0. The second kappa shape index (κ2) is 8.89. The number of benzene rings is 1. The van der Waals surface area contributed by atoms with Crippen LogP contribution in [-0.2, 0) is 12.0 Å². The first kappa shape index (κ1) is 21.7.